The lowest BCUT2D eigenvalue weighted by molar-refractivity contribution is -0.126. The second-order valence-electron chi connectivity index (χ2n) is 9.64. The Kier molecular flexibility index (Phi) is 7.97. The summed E-state index contributed by atoms with van der Waals surface area (Å²) in [6.07, 6.45) is 3.54. The first-order chi connectivity index (χ1) is 17.4. The van der Waals surface area contributed by atoms with Crippen LogP contribution in [-0.2, 0) is 16.0 Å². The van der Waals surface area contributed by atoms with Crippen LogP contribution in [0.1, 0.15) is 45.1 Å². The molecule has 0 spiro atoms. The first-order valence-corrected chi connectivity index (χ1v) is 12.8. The van der Waals surface area contributed by atoms with Gasteiger partial charge in [-0.15, -0.1) is 0 Å². The highest BCUT2D eigenvalue weighted by Gasteiger charge is 2.41. The summed E-state index contributed by atoms with van der Waals surface area (Å²) >= 11 is 0. The van der Waals surface area contributed by atoms with Gasteiger partial charge in [0.15, 0.2) is 11.5 Å². The van der Waals surface area contributed by atoms with Crippen molar-refractivity contribution in [3.63, 3.8) is 0 Å². The molecule has 5 heteroatoms. The number of fused-ring (bicyclic) bond motifs is 1. The first kappa shape index (κ1) is 25.7. The van der Waals surface area contributed by atoms with E-state index in [-0.39, 0.29) is 23.5 Å². The number of hydrogen-bond acceptors (Lipinski definition) is 5. The number of carbonyl (C=O) groups excluding carboxylic acids is 2. The van der Waals surface area contributed by atoms with E-state index in [1.165, 1.54) is 0 Å². The molecule has 0 amide bonds. The lowest BCUT2D eigenvalue weighted by atomic mass is 9.81. The van der Waals surface area contributed by atoms with Gasteiger partial charge in [-0.2, -0.15) is 0 Å². The molecule has 0 saturated heterocycles. The molecule has 0 heterocycles. The highest BCUT2D eigenvalue weighted by molar-refractivity contribution is 5.91. The van der Waals surface area contributed by atoms with Crippen LogP contribution in [-0.4, -0.2) is 32.9 Å². The molecule has 1 saturated carbocycles. The van der Waals surface area contributed by atoms with E-state index in [2.05, 4.69) is 37.3 Å². The SMILES string of the molecule is CCC(=O)C1CCC(C(=O)Cc2ccc3cc(-c4cc(OC)c(OC)c(OC)c4)ccc3c2)C1CC. The lowest BCUT2D eigenvalue weighted by Gasteiger charge is -2.22. The Morgan fingerprint density at radius 1 is 0.750 bits per heavy atom. The molecule has 36 heavy (non-hydrogen) atoms. The fourth-order valence-corrected chi connectivity index (χ4v) is 5.86. The number of hydrogen-bond donors (Lipinski definition) is 0. The molecule has 0 aromatic heterocycles. The van der Waals surface area contributed by atoms with Gasteiger partial charge in [0.2, 0.25) is 5.75 Å². The van der Waals surface area contributed by atoms with Crippen molar-refractivity contribution in [2.45, 2.75) is 46.0 Å². The standard InChI is InChI=1S/C31H36O5/c1-6-24-25(27(32)7-2)12-13-26(24)28(33)15-19-8-9-21-16-22(11-10-20(21)14-19)23-17-29(34-3)31(36-5)30(18-23)35-4/h8-11,14,16-18,24-26H,6-7,12-13,15H2,1-5H3. The third kappa shape index (κ3) is 4.97. The summed E-state index contributed by atoms with van der Waals surface area (Å²) in [5.41, 5.74) is 3.02. The fourth-order valence-electron chi connectivity index (χ4n) is 5.86. The second kappa shape index (κ2) is 11.2. The van der Waals surface area contributed by atoms with E-state index in [1.807, 2.05) is 25.1 Å². The van der Waals surface area contributed by atoms with Crippen molar-refractivity contribution in [2.24, 2.45) is 17.8 Å². The minimum Gasteiger partial charge on any atom is -0.493 e. The minimum atomic E-state index is -0.00592. The summed E-state index contributed by atoms with van der Waals surface area (Å²) in [6.45, 7) is 4.03. The van der Waals surface area contributed by atoms with E-state index < -0.39 is 0 Å². The van der Waals surface area contributed by atoms with Gasteiger partial charge >= 0.3 is 0 Å². The molecule has 3 aromatic carbocycles. The van der Waals surface area contributed by atoms with E-state index in [4.69, 9.17) is 14.2 Å². The molecular formula is C31H36O5. The van der Waals surface area contributed by atoms with E-state index in [1.54, 1.807) is 21.3 Å². The van der Waals surface area contributed by atoms with Crippen LogP contribution in [0.2, 0.25) is 0 Å². The van der Waals surface area contributed by atoms with Gasteiger partial charge in [0.25, 0.3) is 0 Å². The zero-order valence-electron chi connectivity index (χ0n) is 21.9. The zero-order chi connectivity index (χ0) is 25.8. The van der Waals surface area contributed by atoms with Crippen molar-refractivity contribution in [3.05, 3.63) is 54.1 Å². The van der Waals surface area contributed by atoms with Gasteiger partial charge in [0.05, 0.1) is 21.3 Å². The third-order valence-corrected chi connectivity index (χ3v) is 7.75. The molecule has 4 rings (SSSR count). The average molecular weight is 489 g/mol. The van der Waals surface area contributed by atoms with Crippen molar-refractivity contribution in [1.82, 2.24) is 0 Å². The molecule has 5 nitrogen and oxygen atoms in total. The van der Waals surface area contributed by atoms with Crippen LogP contribution in [0.3, 0.4) is 0 Å². The van der Waals surface area contributed by atoms with E-state index in [0.29, 0.717) is 35.9 Å². The summed E-state index contributed by atoms with van der Waals surface area (Å²) in [7, 11) is 4.82. The predicted molar refractivity (Wildman–Crippen MR) is 143 cm³/mol. The number of benzene rings is 3. The quantitative estimate of drug-likeness (QED) is 0.319. The maximum atomic E-state index is 13.2. The smallest absolute Gasteiger partial charge is 0.203 e. The van der Waals surface area contributed by atoms with Crippen LogP contribution in [0.4, 0.5) is 0 Å². The van der Waals surface area contributed by atoms with Gasteiger partial charge in [-0.1, -0.05) is 50.6 Å². The minimum absolute atomic E-state index is 0.00592. The van der Waals surface area contributed by atoms with Gasteiger partial charge in [0, 0.05) is 24.7 Å². The Balaban J connectivity index is 1.56. The molecule has 190 valence electrons. The van der Waals surface area contributed by atoms with E-state index in [9.17, 15) is 9.59 Å². The summed E-state index contributed by atoms with van der Waals surface area (Å²) in [5, 5.41) is 2.19. The van der Waals surface area contributed by atoms with Crippen LogP contribution in [0.25, 0.3) is 21.9 Å². The van der Waals surface area contributed by atoms with Crippen LogP contribution >= 0.6 is 0 Å². The summed E-state index contributed by atoms with van der Waals surface area (Å²) < 4.78 is 16.5. The van der Waals surface area contributed by atoms with Crippen LogP contribution in [0.5, 0.6) is 17.2 Å². The van der Waals surface area contributed by atoms with Gasteiger partial charge in [-0.25, -0.2) is 0 Å². The van der Waals surface area contributed by atoms with Crippen molar-refractivity contribution >= 4 is 22.3 Å². The number of Topliss-reactive ketones (excluding diaryl/α,β-unsaturated/α-hetero) is 2. The first-order valence-electron chi connectivity index (χ1n) is 12.8. The normalized spacial score (nSPS) is 19.3. The molecule has 0 radical (unpaired) electrons. The van der Waals surface area contributed by atoms with E-state index in [0.717, 1.165) is 46.7 Å². The number of carbonyl (C=O) groups is 2. The molecular weight excluding hydrogens is 452 g/mol. The third-order valence-electron chi connectivity index (χ3n) is 7.75. The Morgan fingerprint density at radius 3 is 1.94 bits per heavy atom. The monoisotopic (exact) mass is 488 g/mol. The largest absolute Gasteiger partial charge is 0.493 e. The Bertz CT molecular complexity index is 1240. The Morgan fingerprint density at radius 2 is 1.36 bits per heavy atom. The highest BCUT2D eigenvalue weighted by Crippen LogP contribution is 2.42. The number of ketones is 2. The maximum Gasteiger partial charge on any atom is 0.203 e. The van der Waals surface area contributed by atoms with Crippen molar-refractivity contribution in [2.75, 3.05) is 21.3 Å². The molecule has 1 aliphatic carbocycles. The number of ether oxygens (including phenoxy) is 3. The molecule has 3 unspecified atom stereocenters. The molecule has 1 aliphatic rings. The summed E-state index contributed by atoms with van der Waals surface area (Å²) in [5.74, 6) is 2.60. The van der Waals surface area contributed by atoms with Crippen LogP contribution < -0.4 is 14.2 Å². The average Bonchev–Trinajstić information content (AvgIpc) is 3.35. The lowest BCUT2D eigenvalue weighted by Crippen LogP contribution is -2.26. The molecule has 3 aromatic rings. The second-order valence-corrected chi connectivity index (χ2v) is 9.64. The fraction of sp³-hybridized carbons (Fsp3) is 0.419. The zero-order valence-corrected chi connectivity index (χ0v) is 21.9. The Hall–Kier alpha value is -3.34. The van der Waals surface area contributed by atoms with Crippen molar-refractivity contribution in [1.29, 1.82) is 0 Å². The predicted octanol–water partition coefficient (Wildman–Crippen LogP) is 6.68. The van der Waals surface area contributed by atoms with Crippen molar-refractivity contribution < 1.29 is 23.8 Å². The summed E-state index contributed by atoms with van der Waals surface area (Å²) in [6, 6.07) is 16.4. The van der Waals surface area contributed by atoms with Gasteiger partial charge < -0.3 is 14.2 Å². The van der Waals surface area contributed by atoms with Gasteiger partial charge in [0.1, 0.15) is 11.6 Å². The number of methoxy groups -OCH3 is 3. The molecule has 3 atom stereocenters. The van der Waals surface area contributed by atoms with E-state index >= 15 is 0 Å². The highest BCUT2D eigenvalue weighted by atomic mass is 16.5. The van der Waals surface area contributed by atoms with Crippen molar-refractivity contribution in [3.8, 4) is 28.4 Å². The topological polar surface area (TPSA) is 61.8 Å². The molecule has 1 fully saturated rings. The van der Waals surface area contributed by atoms with Crippen LogP contribution in [0, 0.1) is 17.8 Å². The molecule has 0 N–H and O–H groups in total. The maximum absolute atomic E-state index is 13.2. The molecule has 0 bridgehead atoms. The van der Waals surface area contributed by atoms with Crippen LogP contribution in [0.15, 0.2) is 48.5 Å². The molecule has 0 aliphatic heterocycles. The Labute approximate surface area is 213 Å². The van der Waals surface area contributed by atoms with Gasteiger partial charge in [-0.05, 0) is 64.4 Å². The number of rotatable bonds is 10. The van der Waals surface area contributed by atoms with Gasteiger partial charge in [-0.3, -0.25) is 9.59 Å². The summed E-state index contributed by atoms with van der Waals surface area (Å²) in [4.78, 5) is 25.6.